The number of phenols is 1. The molecule has 0 saturated heterocycles. The van der Waals surface area contributed by atoms with Crippen LogP contribution >= 0.6 is 11.3 Å². The first-order chi connectivity index (χ1) is 13.4. The molecule has 2 aromatic rings. The summed E-state index contributed by atoms with van der Waals surface area (Å²) < 4.78 is 0. The van der Waals surface area contributed by atoms with E-state index < -0.39 is 5.97 Å². The van der Waals surface area contributed by atoms with E-state index in [0.29, 0.717) is 5.75 Å². The predicted molar refractivity (Wildman–Crippen MR) is 110 cm³/mol. The van der Waals surface area contributed by atoms with Crippen molar-refractivity contribution in [2.24, 2.45) is 17.8 Å². The van der Waals surface area contributed by atoms with Crippen LogP contribution in [0, 0.1) is 24.7 Å². The van der Waals surface area contributed by atoms with E-state index >= 15 is 0 Å². The number of aryl methyl sites for hydroxylation is 1. The molecule has 0 amide bonds. The number of benzene rings is 1. The van der Waals surface area contributed by atoms with Gasteiger partial charge < -0.3 is 10.2 Å². The van der Waals surface area contributed by atoms with Crippen molar-refractivity contribution in [3.05, 3.63) is 40.4 Å². The lowest BCUT2D eigenvalue weighted by Gasteiger charge is -2.57. The average molecular weight is 396 g/mol. The minimum absolute atomic E-state index is 0.130. The SMILES string of the molecule is Cc1cc(O)c(C23CC4CC(CC(C4)C2)C3)cc1-c1ncc(/C=C/C(=O)O)s1. The van der Waals surface area contributed by atoms with Gasteiger partial charge in [0.25, 0.3) is 0 Å². The molecule has 2 N–H and O–H groups in total. The fraction of sp³-hybridized carbons (Fsp3) is 0.478. The van der Waals surface area contributed by atoms with Gasteiger partial charge in [-0.3, -0.25) is 0 Å². The highest BCUT2D eigenvalue weighted by molar-refractivity contribution is 7.15. The highest BCUT2D eigenvalue weighted by Crippen LogP contribution is 2.62. The number of aromatic nitrogens is 1. The molecule has 28 heavy (non-hydrogen) atoms. The fourth-order valence-corrected chi connectivity index (χ4v) is 7.33. The maximum Gasteiger partial charge on any atom is 0.328 e. The maximum atomic E-state index is 10.9. The smallest absolute Gasteiger partial charge is 0.328 e. The second-order valence-electron chi connectivity index (χ2n) is 9.12. The third kappa shape index (κ3) is 2.96. The lowest BCUT2D eigenvalue weighted by Crippen LogP contribution is -2.48. The standard InChI is InChI=1S/C23H25NO3S/c1-13-4-20(25)19(23-9-14-5-15(10-23)7-16(6-14)11-23)8-18(13)22-24-12-17(28-22)2-3-21(26)27/h2-4,8,12,14-16,25H,5-7,9-11H2,1H3,(H,26,27)/b3-2+. The average Bonchev–Trinajstić information content (AvgIpc) is 3.07. The summed E-state index contributed by atoms with van der Waals surface area (Å²) in [5, 5.41) is 20.6. The van der Waals surface area contributed by atoms with Crippen LogP contribution in [0.5, 0.6) is 5.75 Å². The van der Waals surface area contributed by atoms with E-state index in [1.165, 1.54) is 49.9 Å². The monoisotopic (exact) mass is 395 g/mol. The Morgan fingerprint density at radius 2 is 1.82 bits per heavy atom. The van der Waals surface area contributed by atoms with Crippen LogP contribution in [0.25, 0.3) is 16.6 Å². The summed E-state index contributed by atoms with van der Waals surface area (Å²) in [5.41, 5.74) is 3.31. The molecule has 5 heteroatoms. The van der Waals surface area contributed by atoms with Crippen molar-refractivity contribution < 1.29 is 15.0 Å². The zero-order valence-electron chi connectivity index (χ0n) is 16.0. The first kappa shape index (κ1) is 17.9. The molecular weight excluding hydrogens is 370 g/mol. The van der Waals surface area contributed by atoms with E-state index in [9.17, 15) is 9.90 Å². The summed E-state index contributed by atoms with van der Waals surface area (Å²) >= 11 is 1.49. The summed E-state index contributed by atoms with van der Waals surface area (Å²) in [4.78, 5) is 16.1. The summed E-state index contributed by atoms with van der Waals surface area (Å²) in [6.07, 6.45) is 12.2. The van der Waals surface area contributed by atoms with Crippen LogP contribution in [-0.2, 0) is 10.2 Å². The largest absolute Gasteiger partial charge is 0.508 e. The van der Waals surface area contributed by atoms with Crippen LogP contribution in [0.15, 0.2) is 24.4 Å². The Labute approximate surface area is 169 Å². The quantitative estimate of drug-likeness (QED) is 0.681. The Morgan fingerprint density at radius 1 is 1.18 bits per heavy atom. The van der Waals surface area contributed by atoms with Gasteiger partial charge in [-0.15, -0.1) is 11.3 Å². The van der Waals surface area contributed by atoms with Gasteiger partial charge >= 0.3 is 5.97 Å². The molecule has 6 rings (SSSR count). The van der Waals surface area contributed by atoms with Crippen LogP contribution in [0.4, 0.5) is 0 Å². The molecule has 0 unspecified atom stereocenters. The van der Waals surface area contributed by atoms with Gasteiger partial charge in [-0.2, -0.15) is 0 Å². The van der Waals surface area contributed by atoms with Gasteiger partial charge in [0.1, 0.15) is 10.8 Å². The molecule has 4 nitrogen and oxygen atoms in total. The fourth-order valence-electron chi connectivity index (χ4n) is 6.43. The number of rotatable bonds is 4. The molecule has 4 aliphatic carbocycles. The molecule has 0 atom stereocenters. The number of phenolic OH excluding ortho intramolecular Hbond substituents is 1. The minimum atomic E-state index is -0.958. The maximum absolute atomic E-state index is 10.9. The molecule has 1 aromatic heterocycles. The number of thiazole rings is 1. The van der Waals surface area contributed by atoms with Crippen LogP contribution < -0.4 is 0 Å². The Hall–Kier alpha value is -2.14. The second kappa shape index (κ2) is 6.45. The summed E-state index contributed by atoms with van der Waals surface area (Å²) in [7, 11) is 0. The van der Waals surface area contributed by atoms with Crippen molar-refractivity contribution in [1.82, 2.24) is 4.98 Å². The van der Waals surface area contributed by atoms with Crippen molar-refractivity contribution in [2.75, 3.05) is 0 Å². The van der Waals surface area contributed by atoms with Crippen LogP contribution in [-0.4, -0.2) is 21.2 Å². The summed E-state index contributed by atoms with van der Waals surface area (Å²) in [6.45, 7) is 2.01. The number of aromatic hydroxyl groups is 1. The molecule has 146 valence electrons. The van der Waals surface area contributed by atoms with Crippen molar-refractivity contribution in [3.63, 3.8) is 0 Å². The zero-order valence-corrected chi connectivity index (χ0v) is 16.8. The molecule has 0 aliphatic heterocycles. The molecule has 0 radical (unpaired) electrons. The second-order valence-corrected chi connectivity index (χ2v) is 10.2. The Kier molecular flexibility index (Phi) is 4.13. The molecule has 4 bridgehead atoms. The number of carboxylic acid groups (broad SMARTS) is 1. The number of hydrogen-bond donors (Lipinski definition) is 2. The molecular formula is C23H25NO3S. The zero-order chi connectivity index (χ0) is 19.5. The first-order valence-corrected chi connectivity index (χ1v) is 10.9. The lowest BCUT2D eigenvalue weighted by molar-refractivity contribution is -0.131. The van der Waals surface area contributed by atoms with E-state index in [2.05, 4.69) is 11.1 Å². The number of carboxylic acids is 1. The first-order valence-electron chi connectivity index (χ1n) is 10.1. The predicted octanol–water partition coefficient (Wildman–Crippen LogP) is 5.39. The van der Waals surface area contributed by atoms with Gasteiger partial charge in [-0.05, 0) is 92.4 Å². The topological polar surface area (TPSA) is 70.4 Å². The van der Waals surface area contributed by atoms with E-state index in [0.717, 1.165) is 50.4 Å². The molecule has 1 heterocycles. The van der Waals surface area contributed by atoms with Crippen molar-refractivity contribution >= 4 is 23.4 Å². The van der Waals surface area contributed by atoms with Gasteiger partial charge in [0, 0.05) is 28.3 Å². The van der Waals surface area contributed by atoms with Gasteiger partial charge in [-0.25, -0.2) is 9.78 Å². The Balaban J connectivity index is 1.54. The van der Waals surface area contributed by atoms with Crippen molar-refractivity contribution in [3.8, 4) is 16.3 Å². The van der Waals surface area contributed by atoms with Crippen LogP contribution in [0.3, 0.4) is 0 Å². The van der Waals surface area contributed by atoms with E-state index in [1.54, 1.807) is 12.3 Å². The Bertz CT molecular complexity index is 939. The van der Waals surface area contributed by atoms with Gasteiger partial charge in [0.2, 0.25) is 0 Å². The Morgan fingerprint density at radius 3 is 2.43 bits per heavy atom. The van der Waals surface area contributed by atoms with Gasteiger partial charge in [0.05, 0.1) is 0 Å². The lowest BCUT2D eigenvalue weighted by atomic mass is 9.48. The normalized spacial score (nSPS) is 31.0. The summed E-state index contributed by atoms with van der Waals surface area (Å²) in [5.74, 6) is 1.94. The van der Waals surface area contributed by atoms with Gasteiger partial charge in [-0.1, -0.05) is 0 Å². The number of carbonyl (C=O) groups is 1. The van der Waals surface area contributed by atoms with E-state index in [-0.39, 0.29) is 5.41 Å². The molecule has 0 spiro atoms. The highest BCUT2D eigenvalue weighted by Gasteiger charge is 2.52. The molecule has 1 aromatic carbocycles. The van der Waals surface area contributed by atoms with Crippen molar-refractivity contribution in [2.45, 2.75) is 50.9 Å². The number of aliphatic carboxylic acids is 1. The van der Waals surface area contributed by atoms with E-state index in [4.69, 9.17) is 5.11 Å². The summed E-state index contributed by atoms with van der Waals surface area (Å²) in [6, 6.07) is 4.08. The van der Waals surface area contributed by atoms with Gasteiger partial charge in [0.15, 0.2) is 0 Å². The van der Waals surface area contributed by atoms with Crippen LogP contribution in [0.1, 0.15) is 54.5 Å². The highest BCUT2D eigenvalue weighted by atomic mass is 32.1. The minimum Gasteiger partial charge on any atom is -0.508 e. The van der Waals surface area contributed by atoms with Crippen molar-refractivity contribution in [1.29, 1.82) is 0 Å². The number of hydrogen-bond acceptors (Lipinski definition) is 4. The van der Waals surface area contributed by atoms with Crippen LogP contribution in [0.2, 0.25) is 0 Å². The number of nitrogens with zero attached hydrogens (tertiary/aromatic N) is 1. The molecule has 4 fully saturated rings. The van der Waals surface area contributed by atoms with E-state index in [1.807, 2.05) is 13.0 Å². The third-order valence-electron chi connectivity index (χ3n) is 7.10. The molecule has 4 saturated carbocycles. The molecule has 4 aliphatic rings. The third-order valence-corrected chi connectivity index (χ3v) is 8.09.